The maximum atomic E-state index is 13.6. The van der Waals surface area contributed by atoms with Crippen LogP contribution in [0, 0.1) is 5.92 Å². The van der Waals surface area contributed by atoms with Crippen molar-refractivity contribution in [3.8, 4) is 22.4 Å². The molecule has 0 N–H and O–H groups in total. The Hall–Kier alpha value is -3.99. The van der Waals surface area contributed by atoms with E-state index in [9.17, 15) is 9.59 Å². The minimum Gasteiger partial charge on any atom is -0.466 e. The van der Waals surface area contributed by atoms with Gasteiger partial charge in [0.1, 0.15) is 0 Å². The van der Waals surface area contributed by atoms with E-state index in [4.69, 9.17) is 9.72 Å². The quantitative estimate of drug-likeness (QED) is 0.341. The van der Waals surface area contributed by atoms with E-state index in [0.717, 1.165) is 33.3 Å². The van der Waals surface area contributed by atoms with Gasteiger partial charge in [0.2, 0.25) is 0 Å². The average Bonchev–Trinajstić information content (AvgIpc) is 2.93. The predicted molar refractivity (Wildman–Crippen MR) is 138 cm³/mol. The number of hydrogen-bond donors (Lipinski definition) is 0. The highest BCUT2D eigenvalue weighted by Gasteiger charge is 2.29. The van der Waals surface area contributed by atoms with Gasteiger partial charge in [-0.15, -0.1) is 0 Å². The van der Waals surface area contributed by atoms with Gasteiger partial charge in [0.15, 0.2) is 0 Å². The summed E-state index contributed by atoms with van der Waals surface area (Å²) in [5, 5.41) is 0.842. The number of aromatic nitrogens is 1. The number of para-hydroxylation sites is 1. The molecule has 1 aliphatic rings. The first kappa shape index (κ1) is 22.8. The molecule has 0 saturated carbocycles. The fourth-order valence-corrected chi connectivity index (χ4v) is 4.71. The van der Waals surface area contributed by atoms with Crippen LogP contribution in [0.25, 0.3) is 33.3 Å². The van der Waals surface area contributed by atoms with Crippen LogP contribution in [0.2, 0.25) is 0 Å². The number of nitrogens with zero attached hydrogens (tertiary/aromatic N) is 2. The SMILES string of the molecule is CCOC(=O)C1CCN(C(=O)c2cc(-c3ccc(-c4ccccc4)cc3)nc3ccccc23)CC1. The van der Waals surface area contributed by atoms with Gasteiger partial charge in [-0.3, -0.25) is 9.59 Å². The average molecular weight is 465 g/mol. The minimum atomic E-state index is -0.157. The number of fused-ring (bicyclic) bond motifs is 1. The second-order valence-electron chi connectivity index (χ2n) is 8.83. The van der Waals surface area contributed by atoms with E-state index in [2.05, 4.69) is 36.4 Å². The van der Waals surface area contributed by atoms with Crippen LogP contribution in [0.15, 0.2) is 84.9 Å². The van der Waals surface area contributed by atoms with E-state index in [1.165, 1.54) is 0 Å². The molecule has 2 heterocycles. The molecule has 0 atom stereocenters. The van der Waals surface area contributed by atoms with Crippen molar-refractivity contribution in [1.29, 1.82) is 0 Å². The van der Waals surface area contributed by atoms with Crippen LogP contribution in [-0.4, -0.2) is 41.5 Å². The lowest BCUT2D eigenvalue weighted by Crippen LogP contribution is -2.40. The molecule has 1 aromatic heterocycles. The number of benzene rings is 3. The molecule has 35 heavy (non-hydrogen) atoms. The molecular weight excluding hydrogens is 436 g/mol. The number of hydrogen-bond acceptors (Lipinski definition) is 4. The Kier molecular flexibility index (Phi) is 6.57. The highest BCUT2D eigenvalue weighted by atomic mass is 16.5. The summed E-state index contributed by atoms with van der Waals surface area (Å²) in [4.78, 5) is 32.4. The summed E-state index contributed by atoms with van der Waals surface area (Å²) in [6, 6.07) is 28.2. The molecule has 3 aromatic carbocycles. The van der Waals surface area contributed by atoms with Crippen molar-refractivity contribution >= 4 is 22.8 Å². The van der Waals surface area contributed by atoms with Crippen LogP contribution in [0.5, 0.6) is 0 Å². The molecule has 5 heteroatoms. The summed E-state index contributed by atoms with van der Waals surface area (Å²) in [6.45, 7) is 3.29. The number of ether oxygens (including phenoxy) is 1. The molecule has 5 nitrogen and oxygen atoms in total. The Morgan fingerprint density at radius 2 is 1.49 bits per heavy atom. The number of carbonyl (C=O) groups excluding carboxylic acids is 2. The smallest absolute Gasteiger partial charge is 0.309 e. The summed E-state index contributed by atoms with van der Waals surface area (Å²) in [6.07, 6.45) is 1.25. The minimum absolute atomic E-state index is 0.0203. The van der Waals surface area contributed by atoms with Crippen LogP contribution in [0.4, 0.5) is 0 Å². The van der Waals surface area contributed by atoms with Gasteiger partial charge in [0.25, 0.3) is 5.91 Å². The van der Waals surface area contributed by atoms with Crippen LogP contribution < -0.4 is 0 Å². The van der Waals surface area contributed by atoms with Gasteiger partial charge in [0, 0.05) is 24.0 Å². The maximum absolute atomic E-state index is 13.6. The Morgan fingerprint density at radius 1 is 0.857 bits per heavy atom. The Labute approximate surface area is 205 Å². The van der Waals surface area contributed by atoms with Gasteiger partial charge in [0.05, 0.1) is 29.3 Å². The second-order valence-corrected chi connectivity index (χ2v) is 8.83. The number of amides is 1. The second kappa shape index (κ2) is 10.1. The first-order chi connectivity index (χ1) is 17.1. The highest BCUT2D eigenvalue weighted by molar-refractivity contribution is 6.07. The molecule has 0 unspecified atom stereocenters. The third-order valence-corrected chi connectivity index (χ3v) is 6.64. The number of esters is 1. The normalized spacial score (nSPS) is 14.1. The first-order valence-corrected chi connectivity index (χ1v) is 12.2. The van der Waals surface area contributed by atoms with E-state index in [0.29, 0.717) is 38.1 Å². The zero-order valence-electron chi connectivity index (χ0n) is 19.8. The van der Waals surface area contributed by atoms with E-state index >= 15 is 0 Å². The molecule has 0 aliphatic carbocycles. The van der Waals surface area contributed by atoms with Gasteiger partial charge in [-0.25, -0.2) is 4.98 Å². The third kappa shape index (κ3) is 4.80. The van der Waals surface area contributed by atoms with E-state index in [1.54, 1.807) is 0 Å². The number of carbonyl (C=O) groups is 2. The lowest BCUT2D eigenvalue weighted by atomic mass is 9.95. The molecule has 1 saturated heterocycles. The molecule has 5 rings (SSSR count). The van der Waals surface area contributed by atoms with Crippen LogP contribution in [0.1, 0.15) is 30.1 Å². The predicted octanol–water partition coefficient (Wildman–Crippen LogP) is 5.98. The largest absolute Gasteiger partial charge is 0.466 e. The molecular formula is C30H28N2O3. The van der Waals surface area contributed by atoms with Crippen molar-refractivity contribution in [3.63, 3.8) is 0 Å². The van der Waals surface area contributed by atoms with Gasteiger partial charge < -0.3 is 9.64 Å². The summed E-state index contributed by atoms with van der Waals surface area (Å²) in [5.74, 6) is -0.310. The molecule has 1 fully saturated rings. The lowest BCUT2D eigenvalue weighted by molar-refractivity contribution is -0.149. The molecule has 0 bridgehead atoms. The topological polar surface area (TPSA) is 59.5 Å². The van der Waals surface area contributed by atoms with Crippen molar-refractivity contribution in [1.82, 2.24) is 9.88 Å². The van der Waals surface area contributed by atoms with Crippen molar-refractivity contribution in [2.75, 3.05) is 19.7 Å². The maximum Gasteiger partial charge on any atom is 0.309 e. The summed E-state index contributed by atoms with van der Waals surface area (Å²) >= 11 is 0. The van der Waals surface area contributed by atoms with Crippen molar-refractivity contribution in [2.45, 2.75) is 19.8 Å². The highest BCUT2D eigenvalue weighted by Crippen LogP contribution is 2.29. The Morgan fingerprint density at radius 3 is 2.20 bits per heavy atom. The van der Waals surface area contributed by atoms with Gasteiger partial charge in [-0.2, -0.15) is 0 Å². The zero-order chi connectivity index (χ0) is 24.2. The number of piperidine rings is 1. The number of rotatable bonds is 5. The standard InChI is InChI=1S/C30H28N2O3/c1-2-35-30(34)24-16-18-32(19-17-24)29(33)26-20-28(31-27-11-7-6-10-25(26)27)23-14-12-22(13-15-23)21-8-4-3-5-9-21/h3-15,20,24H,2,16-19H2,1H3. The van der Waals surface area contributed by atoms with Crippen LogP contribution in [-0.2, 0) is 9.53 Å². The van der Waals surface area contributed by atoms with Gasteiger partial charge in [-0.05, 0) is 43.0 Å². The summed E-state index contributed by atoms with van der Waals surface area (Å²) in [7, 11) is 0. The number of pyridine rings is 1. The Bertz CT molecular complexity index is 1340. The summed E-state index contributed by atoms with van der Waals surface area (Å²) < 4.78 is 5.17. The van der Waals surface area contributed by atoms with Crippen molar-refractivity contribution in [3.05, 3.63) is 90.5 Å². The Balaban J connectivity index is 1.43. The molecule has 176 valence electrons. The zero-order valence-corrected chi connectivity index (χ0v) is 19.8. The van der Waals surface area contributed by atoms with Crippen LogP contribution >= 0.6 is 0 Å². The fraction of sp³-hybridized carbons (Fsp3) is 0.233. The molecule has 1 amide bonds. The van der Waals surface area contributed by atoms with Crippen LogP contribution in [0.3, 0.4) is 0 Å². The molecule has 4 aromatic rings. The van der Waals surface area contributed by atoms with Crippen molar-refractivity contribution in [2.24, 2.45) is 5.92 Å². The monoisotopic (exact) mass is 464 g/mol. The molecule has 1 aliphatic heterocycles. The third-order valence-electron chi connectivity index (χ3n) is 6.64. The lowest BCUT2D eigenvalue weighted by Gasteiger charge is -2.31. The molecule has 0 radical (unpaired) electrons. The van der Waals surface area contributed by atoms with E-state index in [-0.39, 0.29) is 17.8 Å². The van der Waals surface area contributed by atoms with E-state index < -0.39 is 0 Å². The number of likely N-dealkylation sites (tertiary alicyclic amines) is 1. The van der Waals surface area contributed by atoms with E-state index in [1.807, 2.05) is 60.4 Å². The first-order valence-electron chi connectivity index (χ1n) is 12.2. The molecule has 0 spiro atoms. The van der Waals surface area contributed by atoms with Gasteiger partial charge >= 0.3 is 5.97 Å². The van der Waals surface area contributed by atoms with Crippen molar-refractivity contribution < 1.29 is 14.3 Å². The van der Waals surface area contributed by atoms with Gasteiger partial charge in [-0.1, -0.05) is 72.8 Å². The fourth-order valence-electron chi connectivity index (χ4n) is 4.71. The summed E-state index contributed by atoms with van der Waals surface area (Å²) in [5.41, 5.74) is 5.47.